The number of carbonyl (C=O) groups excluding carboxylic acids is 2. The van der Waals surface area contributed by atoms with E-state index in [2.05, 4.69) is 5.32 Å². The van der Waals surface area contributed by atoms with E-state index in [1.165, 1.54) is 0 Å². The number of carbonyl (C=O) groups is 2. The van der Waals surface area contributed by atoms with Crippen molar-refractivity contribution in [3.05, 3.63) is 65.7 Å². The smallest absolute Gasteiger partial charge is 0.411 e. The van der Waals surface area contributed by atoms with Crippen LogP contribution in [0.2, 0.25) is 0 Å². The van der Waals surface area contributed by atoms with Gasteiger partial charge >= 0.3 is 6.09 Å². The van der Waals surface area contributed by atoms with E-state index in [0.29, 0.717) is 11.3 Å². The molecule has 0 saturated heterocycles. The van der Waals surface area contributed by atoms with Crippen molar-refractivity contribution in [2.45, 2.75) is 27.4 Å². The number of benzene rings is 2. The Hall–Kier alpha value is -2.62. The Morgan fingerprint density at radius 1 is 0.957 bits per heavy atom. The highest BCUT2D eigenvalue weighted by Crippen LogP contribution is 2.21. The minimum absolute atomic E-state index is 0.0655. The second kappa shape index (κ2) is 7.09. The lowest BCUT2D eigenvalue weighted by Crippen LogP contribution is -2.20. The van der Waals surface area contributed by atoms with Gasteiger partial charge in [-0.25, -0.2) is 4.79 Å². The number of hydrogen-bond donors (Lipinski definition) is 1. The molecular weight excluding hydrogens is 290 g/mol. The van der Waals surface area contributed by atoms with Gasteiger partial charge in [-0.3, -0.25) is 10.1 Å². The van der Waals surface area contributed by atoms with Gasteiger partial charge in [-0.2, -0.15) is 0 Å². The number of Topliss-reactive ketones (excluding diaryl/α,β-unsaturated/α-hetero) is 1. The fraction of sp³-hybridized carbons (Fsp3) is 0.263. The van der Waals surface area contributed by atoms with Gasteiger partial charge in [0, 0.05) is 16.7 Å². The van der Waals surface area contributed by atoms with Gasteiger partial charge in [0.1, 0.15) is 6.61 Å². The second-order valence-corrected chi connectivity index (χ2v) is 6.34. The fourth-order valence-electron chi connectivity index (χ4n) is 2.02. The summed E-state index contributed by atoms with van der Waals surface area (Å²) in [5.74, 6) is 0.0655. The molecule has 1 amide bonds. The van der Waals surface area contributed by atoms with E-state index in [4.69, 9.17) is 4.74 Å². The molecule has 0 atom stereocenters. The zero-order chi connectivity index (χ0) is 16.9. The Kier molecular flexibility index (Phi) is 5.16. The molecule has 4 nitrogen and oxygen atoms in total. The van der Waals surface area contributed by atoms with Crippen molar-refractivity contribution in [2.75, 3.05) is 5.32 Å². The number of hydrogen-bond acceptors (Lipinski definition) is 3. The van der Waals surface area contributed by atoms with Gasteiger partial charge in [0.2, 0.25) is 0 Å². The summed E-state index contributed by atoms with van der Waals surface area (Å²) in [6.45, 7) is 5.85. The van der Waals surface area contributed by atoms with Crippen LogP contribution >= 0.6 is 0 Å². The molecule has 0 aromatic heterocycles. The maximum Gasteiger partial charge on any atom is 0.411 e. The molecule has 0 spiro atoms. The average molecular weight is 311 g/mol. The van der Waals surface area contributed by atoms with E-state index >= 15 is 0 Å². The lowest BCUT2D eigenvalue weighted by Gasteiger charge is -2.16. The van der Waals surface area contributed by atoms with Crippen molar-refractivity contribution in [2.24, 2.45) is 5.41 Å². The molecule has 0 bridgehead atoms. The first-order chi connectivity index (χ1) is 10.9. The van der Waals surface area contributed by atoms with E-state index in [-0.39, 0.29) is 12.4 Å². The van der Waals surface area contributed by atoms with Crippen LogP contribution in [0.15, 0.2) is 54.6 Å². The van der Waals surface area contributed by atoms with Crippen molar-refractivity contribution >= 4 is 17.6 Å². The van der Waals surface area contributed by atoms with Crippen LogP contribution < -0.4 is 5.32 Å². The molecular formula is C19H21NO3. The Morgan fingerprint density at radius 3 is 2.13 bits per heavy atom. The van der Waals surface area contributed by atoms with Gasteiger partial charge in [-0.1, -0.05) is 51.1 Å². The van der Waals surface area contributed by atoms with Crippen LogP contribution in [0.25, 0.3) is 0 Å². The van der Waals surface area contributed by atoms with Gasteiger partial charge in [0.25, 0.3) is 0 Å². The summed E-state index contributed by atoms with van der Waals surface area (Å²) in [7, 11) is 0. The molecule has 120 valence electrons. The molecule has 1 N–H and O–H groups in total. The van der Waals surface area contributed by atoms with Gasteiger partial charge in [0.15, 0.2) is 5.78 Å². The third-order valence-corrected chi connectivity index (χ3v) is 3.29. The average Bonchev–Trinajstić information content (AvgIpc) is 2.53. The second-order valence-electron chi connectivity index (χ2n) is 6.34. The first-order valence-electron chi connectivity index (χ1n) is 7.49. The third-order valence-electron chi connectivity index (χ3n) is 3.29. The van der Waals surface area contributed by atoms with Gasteiger partial charge in [-0.05, 0) is 29.8 Å². The van der Waals surface area contributed by atoms with Crippen LogP contribution in [0.5, 0.6) is 0 Å². The standard InChI is InChI=1S/C19H21NO3/c1-19(2,3)17(21)15-9-11-16(12-10-15)20-18(22)23-13-14-7-5-4-6-8-14/h4-12H,13H2,1-3H3,(H,20,22). The van der Waals surface area contributed by atoms with Crippen molar-refractivity contribution < 1.29 is 14.3 Å². The number of amides is 1. The first kappa shape index (κ1) is 16.7. The van der Waals surface area contributed by atoms with Crippen LogP contribution in [-0.4, -0.2) is 11.9 Å². The van der Waals surface area contributed by atoms with E-state index in [1.807, 2.05) is 51.1 Å². The first-order valence-corrected chi connectivity index (χ1v) is 7.49. The maximum atomic E-state index is 12.1. The molecule has 0 saturated carbocycles. The molecule has 0 fully saturated rings. The van der Waals surface area contributed by atoms with Gasteiger partial charge in [0.05, 0.1) is 0 Å². The number of ketones is 1. The van der Waals surface area contributed by atoms with E-state index < -0.39 is 11.5 Å². The zero-order valence-electron chi connectivity index (χ0n) is 13.6. The quantitative estimate of drug-likeness (QED) is 0.835. The Bertz CT molecular complexity index is 670. The zero-order valence-corrected chi connectivity index (χ0v) is 13.6. The molecule has 2 aromatic rings. The summed E-state index contributed by atoms with van der Waals surface area (Å²) in [6.07, 6.45) is -0.524. The predicted molar refractivity (Wildman–Crippen MR) is 90.5 cm³/mol. The molecule has 0 radical (unpaired) electrons. The number of anilines is 1. The normalized spacial score (nSPS) is 10.9. The van der Waals surface area contributed by atoms with Crippen molar-refractivity contribution in [1.29, 1.82) is 0 Å². The molecule has 0 heterocycles. The molecule has 2 rings (SSSR count). The lowest BCUT2D eigenvalue weighted by atomic mass is 9.86. The maximum absolute atomic E-state index is 12.1. The third kappa shape index (κ3) is 4.95. The Labute approximate surface area is 136 Å². The molecule has 23 heavy (non-hydrogen) atoms. The Balaban J connectivity index is 1.90. The molecule has 0 aliphatic rings. The van der Waals surface area contributed by atoms with Crippen LogP contribution in [-0.2, 0) is 11.3 Å². The molecule has 2 aromatic carbocycles. The minimum Gasteiger partial charge on any atom is -0.444 e. The van der Waals surface area contributed by atoms with E-state index in [9.17, 15) is 9.59 Å². The lowest BCUT2D eigenvalue weighted by molar-refractivity contribution is 0.0858. The number of ether oxygens (including phenoxy) is 1. The topological polar surface area (TPSA) is 55.4 Å². The molecule has 0 unspecified atom stereocenters. The number of nitrogens with one attached hydrogen (secondary N) is 1. The van der Waals surface area contributed by atoms with E-state index in [1.54, 1.807) is 24.3 Å². The van der Waals surface area contributed by atoms with Crippen LogP contribution in [0.3, 0.4) is 0 Å². The molecule has 0 aliphatic carbocycles. The summed E-state index contributed by atoms with van der Waals surface area (Å²) in [4.78, 5) is 23.9. The Morgan fingerprint density at radius 2 is 1.57 bits per heavy atom. The monoisotopic (exact) mass is 311 g/mol. The van der Waals surface area contributed by atoms with Crippen molar-refractivity contribution in [1.82, 2.24) is 0 Å². The summed E-state index contributed by atoms with van der Waals surface area (Å²) in [5.41, 5.74) is 1.71. The van der Waals surface area contributed by atoms with Gasteiger partial charge < -0.3 is 4.74 Å². The van der Waals surface area contributed by atoms with Crippen LogP contribution in [0.1, 0.15) is 36.7 Å². The highest BCUT2D eigenvalue weighted by atomic mass is 16.5. The highest BCUT2D eigenvalue weighted by molar-refractivity contribution is 6.00. The number of rotatable bonds is 4. The fourth-order valence-corrected chi connectivity index (χ4v) is 2.02. The molecule has 0 aliphatic heterocycles. The van der Waals surface area contributed by atoms with E-state index in [0.717, 1.165) is 5.56 Å². The predicted octanol–water partition coefficient (Wildman–Crippen LogP) is 4.66. The summed E-state index contributed by atoms with van der Waals surface area (Å²) in [5, 5.41) is 2.64. The van der Waals surface area contributed by atoms with Crippen LogP contribution in [0.4, 0.5) is 10.5 Å². The summed E-state index contributed by atoms with van der Waals surface area (Å²) in [6, 6.07) is 16.3. The van der Waals surface area contributed by atoms with Crippen LogP contribution in [0, 0.1) is 5.41 Å². The summed E-state index contributed by atoms with van der Waals surface area (Å²) >= 11 is 0. The van der Waals surface area contributed by atoms with Gasteiger partial charge in [-0.15, -0.1) is 0 Å². The highest BCUT2D eigenvalue weighted by Gasteiger charge is 2.22. The summed E-state index contributed by atoms with van der Waals surface area (Å²) < 4.78 is 5.15. The van der Waals surface area contributed by atoms with Crippen molar-refractivity contribution in [3.63, 3.8) is 0 Å². The minimum atomic E-state index is -0.524. The largest absolute Gasteiger partial charge is 0.444 e. The molecule has 4 heteroatoms. The SMILES string of the molecule is CC(C)(C)C(=O)c1ccc(NC(=O)OCc2ccccc2)cc1. The van der Waals surface area contributed by atoms with Crippen molar-refractivity contribution in [3.8, 4) is 0 Å².